The molecule has 0 bridgehead atoms. The van der Waals surface area contributed by atoms with Crippen LogP contribution in [0.25, 0.3) is 17.0 Å². The molecule has 0 unspecified atom stereocenters. The maximum Gasteiger partial charge on any atom is 0.303 e. The fourth-order valence-electron chi connectivity index (χ4n) is 3.40. The number of aromatic nitrogens is 1. The van der Waals surface area contributed by atoms with E-state index in [1.165, 1.54) is 6.07 Å². The standard InChI is InChI=1S/C21H17NO6/c23-13-9-16(24)20-17(10-13)28-18(21(20)27)8-12-11-22(7-3-6-19(25)26)15-5-2-1-4-14(12)15/h1-2,4-5,8-11,23-24H,3,6-7H2,(H,25,26)/b18-8-. The summed E-state index contributed by atoms with van der Waals surface area (Å²) < 4.78 is 7.51. The van der Waals surface area contributed by atoms with Gasteiger partial charge in [-0.3, -0.25) is 9.59 Å². The molecule has 28 heavy (non-hydrogen) atoms. The summed E-state index contributed by atoms with van der Waals surface area (Å²) in [4.78, 5) is 23.4. The van der Waals surface area contributed by atoms with Gasteiger partial charge in [0.2, 0.25) is 5.78 Å². The van der Waals surface area contributed by atoms with Crippen molar-refractivity contribution in [2.45, 2.75) is 19.4 Å². The van der Waals surface area contributed by atoms with Gasteiger partial charge in [-0.15, -0.1) is 0 Å². The molecule has 1 aliphatic rings. The summed E-state index contributed by atoms with van der Waals surface area (Å²) in [5, 5.41) is 29.3. The SMILES string of the molecule is O=C(O)CCCn1cc(/C=C2\Oc3cc(O)cc(O)c3C2=O)c2ccccc21. The first-order valence-electron chi connectivity index (χ1n) is 8.74. The van der Waals surface area contributed by atoms with Crippen LogP contribution in [0.2, 0.25) is 0 Å². The largest absolute Gasteiger partial charge is 0.508 e. The minimum absolute atomic E-state index is 0.0225. The molecule has 0 saturated carbocycles. The molecule has 0 radical (unpaired) electrons. The molecular weight excluding hydrogens is 362 g/mol. The zero-order valence-corrected chi connectivity index (χ0v) is 14.8. The molecule has 0 amide bonds. The normalized spacial score (nSPS) is 14.4. The molecule has 1 aromatic heterocycles. The third-order valence-electron chi connectivity index (χ3n) is 4.63. The third-order valence-corrected chi connectivity index (χ3v) is 4.63. The Hall–Kier alpha value is -3.74. The van der Waals surface area contributed by atoms with E-state index in [-0.39, 0.29) is 35.0 Å². The highest BCUT2D eigenvalue weighted by Gasteiger charge is 2.31. The molecule has 2 heterocycles. The molecule has 3 aromatic rings. The lowest BCUT2D eigenvalue weighted by atomic mass is 10.1. The number of ketones is 1. The average Bonchev–Trinajstić information content (AvgIpc) is 3.13. The lowest BCUT2D eigenvalue weighted by Crippen LogP contribution is -2.00. The molecule has 4 rings (SSSR count). The van der Waals surface area contributed by atoms with Crippen molar-refractivity contribution in [3.05, 3.63) is 59.5 Å². The van der Waals surface area contributed by atoms with Crippen molar-refractivity contribution in [2.75, 3.05) is 0 Å². The summed E-state index contributed by atoms with van der Waals surface area (Å²) in [5.41, 5.74) is 1.68. The number of ether oxygens (including phenoxy) is 1. The molecular formula is C21H17NO6. The Morgan fingerprint density at radius 1 is 1.18 bits per heavy atom. The number of fused-ring (bicyclic) bond motifs is 2. The van der Waals surface area contributed by atoms with Gasteiger partial charge in [-0.25, -0.2) is 0 Å². The van der Waals surface area contributed by atoms with Crippen LogP contribution in [0.5, 0.6) is 17.2 Å². The van der Waals surface area contributed by atoms with Crippen LogP contribution < -0.4 is 4.74 Å². The van der Waals surface area contributed by atoms with E-state index in [4.69, 9.17) is 9.84 Å². The van der Waals surface area contributed by atoms with Gasteiger partial charge >= 0.3 is 5.97 Å². The molecule has 142 valence electrons. The first-order valence-corrected chi connectivity index (χ1v) is 8.74. The van der Waals surface area contributed by atoms with Crippen LogP contribution in [0.3, 0.4) is 0 Å². The number of Topliss-reactive ketones (excluding diaryl/α,β-unsaturated/α-hetero) is 1. The van der Waals surface area contributed by atoms with Crippen molar-refractivity contribution in [3.8, 4) is 17.2 Å². The zero-order chi connectivity index (χ0) is 19.8. The number of aryl methyl sites for hydroxylation is 1. The molecule has 7 nitrogen and oxygen atoms in total. The van der Waals surface area contributed by atoms with Gasteiger partial charge in [0.05, 0.1) is 0 Å². The number of aliphatic carboxylic acids is 1. The van der Waals surface area contributed by atoms with Gasteiger partial charge in [0.25, 0.3) is 0 Å². The number of carbonyl (C=O) groups is 2. The van der Waals surface area contributed by atoms with E-state index in [0.29, 0.717) is 13.0 Å². The Labute approximate surface area is 159 Å². The lowest BCUT2D eigenvalue weighted by molar-refractivity contribution is -0.137. The monoisotopic (exact) mass is 379 g/mol. The van der Waals surface area contributed by atoms with Gasteiger partial charge < -0.3 is 24.6 Å². The van der Waals surface area contributed by atoms with Crippen molar-refractivity contribution >= 4 is 28.7 Å². The Morgan fingerprint density at radius 2 is 1.96 bits per heavy atom. The summed E-state index contributed by atoms with van der Waals surface area (Å²) in [6.45, 7) is 0.527. The molecule has 0 saturated heterocycles. The quantitative estimate of drug-likeness (QED) is 0.585. The van der Waals surface area contributed by atoms with Gasteiger partial charge in [0.1, 0.15) is 22.8 Å². The smallest absolute Gasteiger partial charge is 0.303 e. The molecule has 3 N–H and O–H groups in total. The highest BCUT2D eigenvalue weighted by Crippen LogP contribution is 2.41. The Bertz CT molecular complexity index is 1140. The van der Waals surface area contributed by atoms with Gasteiger partial charge in [0.15, 0.2) is 5.76 Å². The highest BCUT2D eigenvalue weighted by atomic mass is 16.5. The molecule has 2 aromatic carbocycles. The Balaban J connectivity index is 1.71. The predicted molar refractivity (Wildman–Crippen MR) is 102 cm³/mol. The van der Waals surface area contributed by atoms with Crippen LogP contribution in [0.15, 0.2) is 48.4 Å². The predicted octanol–water partition coefficient (Wildman–Crippen LogP) is 3.53. The fraction of sp³-hybridized carbons (Fsp3) is 0.143. The number of phenols is 2. The van der Waals surface area contributed by atoms with E-state index in [9.17, 15) is 19.8 Å². The van der Waals surface area contributed by atoms with Crippen molar-refractivity contribution in [1.29, 1.82) is 0 Å². The van der Waals surface area contributed by atoms with Crippen molar-refractivity contribution in [1.82, 2.24) is 4.57 Å². The van der Waals surface area contributed by atoms with Gasteiger partial charge in [0, 0.05) is 47.8 Å². The van der Waals surface area contributed by atoms with Crippen LogP contribution in [0.1, 0.15) is 28.8 Å². The highest BCUT2D eigenvalue weighted by molar-refractivity contribution is 6.16. The molecule has 0 atom stereocenters. The number of carbonyl (C=O) groups excluding carboxylic acids is 1. The number of carboxylic acid groups (broad SMARTS) is 1. The van der Waals surface area contributed by atoms with Crippen LogP contribution in [-0.4, -0.2) is 31.6 Å². The van der Waals surface area contributed by atoms with E-state index in [1.54, 1.807) is 6.08 Å². The third kappa shape index (κ3) is 3.07. The van der Waals surface area contributed by atoms with E-state index < -0.39 is 11.8 Å². The molecule has 0 fully saturated rings. The molecule has 0 spiro atoms. The molecule has 7 heteroatoms. The van der Waals surface area contributed by atoms with Crippen molar-refractivity contribution < 1.29 is 29.6 Å². The zero-order valence-electron chi connectivity index (χ0n) is 14.8. The number of nitrogens with zero attached hydrogens (tertiary/aromatic N) is 1. The molecule has 0 aliphatic carbocycles. The maximum absolute atomic E-state index is 12.6. The van der Waals surface area contributed by atoms with Crippen molar-refractivity contribution in [3.63, 3.8) is 0 Å². The number of hydrogen-bond acceptors (Lipinski definition) is 5. The van der Waals surface area contributed by atoms with E-state index in [0.717, 1.165) is 22.5 Å². The first-order chi connectivity index (χ1) is 13.4. The second-order valence-corrected chi connectivity index (χ2v) is 6.57. The van der Waals surface area contributed by atoms with Crippen LogP contribution >= 0.6 is 0 Å². The summed E-state index contributed by atoms with van der Waals surface area (Å²) >= 11 is 0. The van der Waals surface area contributed by atoms with Gasteiger partial charge in [-0.1, -0.05) is 18.2 Å². The average molecular weight is 379 g/mol. The lowest BCUT2D eigenvalue weighted by Gasteiger charge is -2.03. The summed E-state index contributed by atoms with van der Waals surface area (Å²) in [5.74, 6) is -1.68. The van der Waals surface area contributed by atoms with E-state index in [1.807, 2.05) is 35.0 Å². The summed E-state index contributed by atoms with van der Waals surface area (Å²) in [7, 11) is 0. The number of para-hydroxylation sites is 1. The van der Waals surface area contributed by atoms with Crippen LogP contribution in [0, 0.1) is 0 Å². The number of rotatable bonds is 5. The Kier molecular flexibility index (Phi) is 4.27. The Morgan fingerprint density at radius 3 is 2.75 bits per heavy atom. The van der Waals surface area contributed by atoms with Gasteiger partial charge in [-0.2, -0.15) is 0 Å². The number of hydrogen-bond donors (Lipinski definition) is 3. The number of carboxylic acids is 1. The first kappa shape index (κ1) is 17.7. The second kappa shape index (κ2) is 6.77. The number of phenolic OH excluding ortho intramolecular Hbond substituents is 2. The minimum Gasteiger partial charge on any atom is -0.508 e. The fourth-order valence-corrected chi connectivity index (χ4v) is 3.40. The van der Waals surface area contributed by atoms with Crippen molar-refractivity contribution in [2.24, 2.45) is 0 Å². The van der Waals surface area contributed by atoms with E-state index in [2.05, 4.69) is 0 Å². The molecule has 1 aliphatic heterocycles. The summed E-state index contributed by atoms with van der Waals surface area (Å²) in [6.07, 6.45) is 3.99. The van der Waals surface area contributed by atoms with Gasteiger partial charge in [-0.05, 0) is 18.6 Å². The number of allylic oxidation sites excluding steroid dienone is 1. The maximum atomic E-state index is 12.6. The number of benzene rings is 2. The number of aromatic hydroxyl groups is 2. The van der Waals surface area contributed by atoms with Crippen LogP contribution in [0.4, 0.5) is 0 Å². The summed E-state index contributed by atoms with van der Waals surface area (Å²) in [6, 6.07) is 9.97. The topological polar surface area (TPSA) is 109 Å². The second-order valence-electron chi connectivity index (χ2n) is 6.57. The van der Waals surface area contributed by atoms with E-state index >= 15 is 0 Å². The van der Waals surface area contributed by atoms with Crippen LogP contribution in [-0.2, 0) is 11.3 Å². The minimum atomic E-state index is -0.843.